The molecule has 222 valence electrons. The summed E-state index contributed by atoms with van der Waals surface area (Å²) < 4.78 is 1.51. The van der Waals surface area contributed by atoms with Crippen LogP contribution in [0.2, 0.25) is 0 Å². The summed E-state index contributed by atoms with van der Waals surface area (Å²) >= 11 is 1.50. The second-order valence-electron chi connectivity index (χ2n) is 12.8. The van der Waals surface area contributed by atoms with Gasteiger partial charge in [0.25, 0.3) is 0 Å². The van der Waals surface area contributed by atoms with E-state index in [0.717, 1.165) is 19.3 Å². The Balaban J connectivity index is 0.000000256. The summed E-state index contributed by atoms with van der Waals surface area (Å²) in [6, 6.07) is 36.4. The first-order valence-corrected chi connectivity index (χ1v) is 15.8. The molecule has 0 atom stereocenters. The van der Waals surface area contributed by atoms with Gasteiger partial charge in [-0.25, -0.2) is 12.2 Å². The van der Waals surface area contributed by atoms with E-state index < -0.39 is 0 Å². The molecule has 0 aliphatic heterocycles. The summed E-state index contributed by atoms with van der Waals surface area (Å²) in [6.45, 7) is 13.6. The molecular formula is C40H44Cl2Zr. The zero-order valence-corrected chi connectivity index (χ0v) is 30.4. The minimum atomic E-state index is 0. The molecule has 2 aliphatic rings. The van der Waals surface area contributed by atoms with Gasteiger partial charge in [0.1, 0.15) is 0 Å². The third kappa shape index (κ3) is 10.7. The number of hydrogen-bond acceptors (Lipinski definition) is 0. The van der Waals surface area contributed by atoms with Crippen LogP contribution in [0.5, 0.6) is 0 Å². The van der Waals surface area contributed by atoms with Crippen LogP contribution in [-0.2, 0) is 47.9 Å². The Bertz CT molecular complexity index is 1450. The van der Waals surface area contributed by atoms with Crippen molar-refractivity contribution in [3.63, 3.8) is 0 Å². The van der Waals surface area contributed by atoms with E-state index in [1.807, 2.05) is 12.2 Å². The van der Waals surface area contributed by atoms with Crippen LogP contribution in [0.1, 0.15) is 81.3 Å². The van der Waals surface area contributed by atoms with E-state index in [1.165, 1.54) is 71.9 Å². The molecule has 0 spiro atoms. The van der Waals surface area contributed by atoms with E-state index in [-0.39, 0.29) is 35.6 Å². The monoisotopic (exact) mass is 684 g/mol. The molecule has 0 aromatic heterocycles. The molecule has 0 nitrogen and oxygen atoms in total. The van der Waals surface area contributed by atoms with E-state index in [0.29, 0.717) is 0 Å². The van der Waals surface area contributed by atoms with Crippen LogP contribution >= 0.6 is 24.8 Å². The maximum absolute atomic E-state index is 3.53. The van der Waals surface area contributed by atoms with Crippen molar-refractivity contribution in [2.24, 2.45) is 0 Å². The number of benzene rings is 4. The number of hydrogen-bond donors (Lipinski definition) is 0. The molecule has 4 aromatic carbocycles. The predicted octanol–water partition coefficient (Wildman–Crippen LogP) is 10.8. The molecule has 0 unspecified atom stereocenters. The van der Waals surface area contributed by atoms with Crippen molar-refractivity contribution in [2.75, 3.05) is 0 Å². The third-order valence-corrected chi connectivity index (χ3v) is 8.60. The van der Waals surface area contributed by atoms with Gasteiger partial charge in [0, 0.05) is 0 Å². The van der Waals surface area contributed by atoms with Gasteiger partial charge in [-0.15, -0.1) is 36.8 Å². The molecule has 2 aliphatic carbocycles. The van der Waals surface area contributed by atoms with Gasteiger partial charge in [0.05, 0.1) is 0 Å². The van der Waals surface area contributed by atoms with Crippen LogP contribution in [0.3, 0.4) is 0 Å². The van der Waals surface area contributed by atoms with Crippen molar-refractivity contribution < 1.29 is 24.2 Å². The Kier molecular flexibility index (Phi) is 14.3. The zero-order valence-electron chi connectivity index (χ0n) is 26.3. The van der Waals surface area contributed by atoms with Crippen LogP contribution in [0.15, 0.2) is 109 Å². The summed E-state index contributed by atoms with van der Waals surface area (Å²) in [6.07, 6.45) is 12.1. The van der Waals surface area contributed by atoms with Gasteiger partial charge in [-0.3, -0.25) is 6.08 Å². The number of halogens is 2. The molecule has 0 N–H and O–H groups in total. The standard InChI is InChI=1S/C21H25.C14H12.C5H5.2ClH.Zr/c1-20(2,3)16-9-7-14-11-15-8-10-17(21(4,5)6)13-19(15)18(14)12-16;1-3-7-13(8-4-1)11-12-14-9-5-2-6-10-14;1-2-4-5-3-1;;;/h7,9-10,12-13H,11H2,1-6H3;1-10H,11H2;1-3H,4H2;2*1H;/q-1;;-1;;;+2. The normalized spacial score (nSPS) is 12.4. The minimum absolute atomic E-state index is 0. The Morgan fingerprint density at radius 2 is 1.35 bits per heavy atom. The van der Waals surface area contributed by atoms with Gasteiger partial charge in [0.2, 0.25) is 0 Å². The number of fused-ring (bicyclic) bond motifs is 3. The molecule has 0 bridgehead atoms. The fraction of sp³-hybridized carbons (Fsp3) is 0.275. The Hall–Kier alpha value is -2.31. The fourth-order valence-corrected chi connectivity index (χ4v) is 5.78. The Labute approximate surface area is 287 Å². The first kappa shape index (κ1) is 36.9. The summed E-state index contributed by atoms with van der Waals surface area (Å²) in [5, 5.41) is 0. The van der Waals surface area contributed by atoms with Crippen LogP contribution in [-0.4, -0.2) is 3.21 Å². The van der Waals surface area contributed by atoms with E-state index in [4.69, 9.17) is 0 Å². The molecule has 0 radical (unpaired) electrons. The van der Waals surface area contributed by atoms with Gasteiger partial charge in [0.15, 0.2) is 0 Å². The van der Waals surface area contributed by atoms with Crippen molar-refractivity contribution in [3.8, 4) is 11.1 Å². The molecule has 3 heteroatoms. The Morgan fingerprint density at radius 3 is 1.88 bits per heavy atom. The quantitative estimate of drug-likeness (QED) is 0.166. The molecule has 4 aromatic rings. The average molecular weight is 687 g/mol. The van der Waals surface area contributed by atoms with Crippen LogP contribution in [0.4, 0.5) is 0 Å². The van der Waals surface area contributed by atoms with Crippen molar-refractivity contribution in [1.82, 2.24) is 0 Å². The number of rotatable bonds is 3. The summed E-state index contributed by atoms with van der Waals surface area (Å²) in [5.74, 6) is 0. The topological polar surface area (TPSA) is 0 Å². The van der Waals surface area contributed by atoms with Crippen molar-refractivity contribution in [3.05, 3.63) is 155 Å². The van der Waals surface area contributed by atoms with Crippen molar-refractivity contribution in [1.29, 1.82) is 0 Å². The average Bonchev–Trinajstić information content (AvgIpc) is 3.65. The fourth-order valence-electron chi connectivity index (χ4n) is 4.87. The van der Waals surface area contributed by atoms with Crippen LogP contribution < -0.4 is 0 Å². The maximum atomic E-state index is 3.53. The summed E-state index contributed by atoms with van der Waals surface area (Å²) in [7, 11) is 0. The van der Waals surface area contributed by atoms with Gasteiger partial charge < -0.3 is 0 Å². The van der Waals surface area contributed by atoms with Gasteiger partial charge in [-0.1, -0.05) is 76.3 Å². The van der Waals surface area contributed by atoms with E-state index in [1.54, 1.807) is 0 Å². The molecule has 6 rings (SSSR count). The van der Waals surface area contributed by atoms with E-state index in [2.05, 4.69) is 151 Å². The van der Waals surface area contributed by atoms with Crippen molar-refractivity contribution >= 4 is 28.0 Å². The Morgan fingerprint density at radius 1 is 0.744 bits per heavy atom. The molecule has 0 heterocycles. The van der Waals surface area contributed by atoms with Gasteiger partial charge >= 0.3 is 106 Å². The zero-order chi connectivity index (χ0) is 29.5. The molecule has 0 amide bonds. The SMILES string of the molecule is CC(C)(C)c1c[c-]c2c(c1)-c1cc(C(C)(C)C)ccc1C2.Cl.Cl.[C-]1=CC=CC1.[Zr+2]=[C](Cc1ccccc1)c1ccccc1. The molecule has 0 saturated heterocycles. The van der Waals surface area contributed by atoms with Gasteiger partial charge in [-0.2, -0.15) is 35.4 Å². The first-order chi connectivity index (χ1) is 19.5. The third-order valence-electron chi connectivity index (χ3n) is 7.46. The second-order valence-corrected chi connectivity index (χ2v) is 14.3. The van der Waals surface area contributed by atoms with Crippen molar-refractivity contribution in [2.45, 2.75) is 71.6 Å². The molecule has 0 fully saturated rings. The number of allylic oxidation sites excluding steroid dienone is 4. The molecule has 43 heavy (non-hydrogen) atoms. The molecular weight excluding hydrogens is 643 g/mol. The van der Waals surface area contributed by atoms with E-state index >= 15 is 0 Å². The second kappa shape index (κ2) is 16.7. The molecule has 0 saturated carbocycles. The van der Waals surface area contributed by atoms with Gasteiger partial charge in [-0.05, 0) is 17.4 Å². The van der Waals surface area contributed by atoms with Crippen LogP contribution in [0.25, 0.3) is 11.1 Å². The van der Waals surface area contributed by atoms with Crippen LogP contribution in [0, 0.1) is 12.1 Å². The predicted molar refractivity (Wildman–Crippen MR) is 188 cm³/mol. The summed E-state index contributed by atoms with van der Waals surface area (Å²) in [5.41, 5.74) is 11.5. The van der Waals surface area contributed by atoms with E-state index in [9.17, 15) is 0 Å². The summed E-state index contributed by atoms with van der Waals surface area (Å²) in [4.78, 5) is 0. The first-order valence-electron chi connectivity index (χ1n) is 14.6.